The standard InChI is InChI=1S/C12H16N6O6/c13-12-16-9(14-1-5(20)21)6-10(17-12)18(3-15-6)11-8(23)7(22)4(2-19)24-11/h3-4,7-8,11,19,22-23H,1-2H2,(H,20,21)(H3,13,14,16,17)/t4-,7+,8+,11+/m0/s1. The lowest BCUT2D eigenvalue weighted by molar-refractivity contribution is -0.134. The quantitative estimate of drug-likeness (QED) is 0.338. The number of aliphatic hydroxyl groups is 3. The number of hydrogen-bond donors (Lipinski definition) is 6. The Morgan fingerprint density at radius 3 is 2.75 bits per heavy atom. The summed E-state index contributed by atoms with van der Waals surface area (Å²) in [6.07, 6.45) is -3.28. The number of imidazole rings is 1. The summed E-state index contributed by atoms with van der Waals surface area (Å²) in [5.41, 5.74) is 6.04. The van der Waals surface area contributed by atoms with Crippen molar-refractivity contribution in [2.75, 3.05) is 24.2 Å². The van der Waals surface area contributed by atoms with Crippen molar-refractivity contribution in [1.29, 1.82) is 0 Å². The van der Waals surface area contributed by atoms with E-state index in [4.69, 9.17) is 20.7 Å². The largest absolute Gasteiger partial charge is 0.480 e. The molecule has 2 aromatic rings. The fraction of sp³-hybridized carbons (Fsp3) is 0.500. The maximum Gasteiger partial charge on any atom is 0.322 e. The SMILES string of the molecule is Nc1nc(NCC(=O)O)c2ncn([C@@H]3O[C@@H](CO)[C@@H](O)[C@H]3O)c2n1. The van der Waals surface area contributed by atoms with Gasteiger partial charge in [-0.3, -0.25) is 9.36 Å². The molecule has 130 valence electrons. The molecule has 0 unspecified atom stereocenters. The van der Waals surface area contributed by atoms with Crippen LogP contribution in [0.2, 0.25) is 0 Å². The smallest absolute Gasteiger partial charge is 0.322 e. The van der Waals surface area contributed by atoms with E-state index in [0.717, 1.165) is 0 Å². The van der Waals surface area contributed by atoms with Crippen molar-refractivity contribution in [3.63, 3.8) is 0 Å². The minimum Gasteiger partial charge on any atom is -0.480 e. The molecule has 0 radical (unpaired) electrons. The van der Waals surface area contributed by atoms with E-state index in [-0.39, 0.29) is 22.9 Å². The highest BCUT2D eigenvalue weighted by Crippen LogP contribution is 2.32. The van der Waals surface area contributed by atoms with Crippen LogP contribution in [-0.2, 0) is 9.53 Å². The molecule has 1 fully saturated rings. The number of carboxylic acid groups (broad SMARTS) is 1. The fourth-order valence-corrected chi connectivity index (χ4v) is 2.51. The van der Waals surface area contributed by atoms with Gasteiger partial charge in [0, 0.05) is 0 Å². The lowest BCUT2D eigenvalue weighted by Crippen LogP contribution is -2.33. The molecule has 2 aromatic heterocycles. The second kappa shape index (κ2) is 6.16. The van der Waals surface area contributed by atoms with E-state index in [9.17, 15) is 15.0 Å². The van der Waals surface area contributed by atoms with Gasteiger partial charge in [0.25, 0.3) is 0 Å². The Labute approximate surface area is 134 Å². The van der Waals surface area contributed by atoms with Gasteiger partial charge in [-0.25, -0.2) is 4.98 Å². The number of aromatic nitrogens is 4. The molecule has 0 aromatic carbocycles. The average molecular weight is 340 g/mol. The van der Waals surface area contributed by atoms with E-state index in [1.54, 1.807) is 0 Å². The van der Waals surface area contributed by atoms with E-state index in [1.807, 2.05) is 0 Å². The molecule has 0 aliphatic carbocycles. The third kappa shape index (κ3) is 2.71. The van der Waals surface area contributed by atoms with Crippen LogP contribution in [0.5, 0.6) is 0 Å². The number of anilines is 2. The first-order chi connectivity index (χ1) is 11.4. The molecular weight excluding hydrogens is 324 g/mol. The zero-order valence-corrected chi connectivity index (χ0v) is 12.3. The molecule has 24 heavy (non-hydrogen) atoms. The number of rotatable bonds is 5. The normalized spacial score (nSPS) is 26.8. The summed E-state index contributed by atoms with van der Waals surface area (Å²) in [5, 5.41) is 40.4. The first-order valence-corrected chi connectivity index (χ1v) is 7.00. The zero-order valence-electron chi connectivity index (χ0n) is 12.3. The minimum atomic E-state index is -1.31. The van der Waals surface area contributed by atoms with Crippen molar-refractivity contribution in [2.45, 2.75) is 24.5 Å². The zero-order chi connectivity index (χ0) is 17.4. The minimum absolute atomic E-state index is 0.116. The van der Waals surface area contributed by atoms with Crippen LogP contribution in [0.3, 0.4) is 0 Å². The van der Waals surface area contributed by atoms with Crippen molar-refractivity contribution in [2.24, 2.45) is 0 Å². The third-order valence-corrected chi connectivity index (χ3v) is 3.64. The van der Waals surface area contributed by atoms with E-state index in [2.05, 4.69) is 20.3 Å². The number of hydrogen-bond acceptors (Lipinski definition) is 10. The van der Waals surface area contributed by atoms with Crippen molar-refractivity contribution in [1.82, 2.24) is 19.5 Å². The Hall–Kier alpha value is -2.54. The van der Waals surface area contributed by atoms with Crippen LogP contribution in [0.1, 0.15) is 6.23 Å². The van der Waals surface area contributed by atoms with Gasteiger partial charge in [-0.15, -0.1) is 0 Å². The number of aliphatic hydroxyl groups excluding tert-OH is 3. The van der Waals surface area contributed by atoms with Crippen molar-refractivity contribution in [3.05, 3.63) is 6.33 Å². The summed E-state index contributed by atoms with van der Waals surface area (Å²) in [5.74, 6) is -1.11. The summed E-state index contributed by atoms with van der Waals surface area (Å²) in [4.78, 5) is 22.7. The van der Waals surface area contributed by atoms with Gasteiger partial charge in [0.2, 0.25) is 5.95 Å². The van der Waals surface area contributed by atoms with Crippen LogP contribution in [0.25, 0.3) is 11.2 Å². The van der Waals surface area contributed by atoms with E-state index in [1.165, 1.54) is 10.9 Å². The highest BCUT2D eigenvalue weighted by atomic mass is 16.6. The Kier molecular flexibility index (Phi) is 4.19. The Morgan fingerprint density at radius 2 is 2.12 bits per heavy atom. The predicted molar refractivity (Wildman–Crippen MR) is 78.9 cm³/mol. The molecule has 0 saturated carbocycles. The van der Waals surface area contributed by atoms with Gasteiger partial charge in [-0.2, -0.15) is 9.97 Å². The first kappa shape index (κ1) is 16.3. The fourth-order valence-electron chi connectivity index (χ4n) is 2.51. The second-order valence-corrected chi connectivity index (χ2v) is 5.23. The summed E-state index contributed by atoms with van der Waals surface area (Å²) in [7, 11) is 0. The molecular formula is C12H16N6O6. The van der Waals surface area contributed by atoms with Crippen molar-refractivity contribution >= 4 is 28.9 Å². The van der Waals surface area contributed by atoms with Crippen LogP contribution < -0.4 is 11.1 Å². The number of carboxylic acids is 1. The maximum absolute atomic E-state index is 10.7. The molecule has 7 N–H and O–H groups in total. The van der Waals surface area contributed by atoms with Gasteiger partial charge in [0.15, 0.2) is 23.2 Å². The number of nitrogen functional groups attached to an aromatic ring is 1. The number of ether oxygens (including phenoxy) is 1. The lowest BCUT2D eigenvalue weighted by atomic mass is 10.1. The Bertz CT molecular complexity index is 766. The number of nitrogens with one attached hydrogen (secondary N) is 1. The monoisotopic (exact) mass is 340 g/mol. The second-order valence-electron chi connectivity index (χ2n) is 5.23. The molecule has 1 aliphatic rings. The maximum atomic E-state index is 10.7. The highest BCUT2D eigenvalue weighted by Gasteiger charge is 2.44. The predicted octanol–water partition coefficient (Wildman–Crippen LogP) is -2.48. The summed E-state index contributed by atoms with van der Waals surface area (Å²) in [6, 6.07) is 0. The molecule has 4 atom stereocenters. The van der Waals surface area contributed by atoms with Crippen LogP contribution in [0.4, 0.5) is 11.8 Å². The molecule has 3 heterocycles. The topological polar surface area (TPSA) is 189 Å². The van der Waals surface area contributed by atoms with Crippen molar-refractivity contribution in [3.8, 4) is 0 Å². The van der Waals surface area contributed by atoms with Crippen LogP contribution >= 0.6 is 0 Å². The number of aliphatic carboxylic acids is 1. The number of fused-ring (bicyclic) bond motifs is 1. The third-order valence-electron chi connectivity index (χ3n) is 3.64. The summed E-state index contributed by atoms with van der Waals surface area (Å²) < 4.78 is 6.76. The van der Waals surface area contributed by atoms with Gasteiger partial charge in [-0.05, 0) is 0 Å². The average Bonchev–Trinajstić information content (AvgIpc) is 3.07. The Morgan fingerprint density at radius 1 is 1.38 bits per heavy atom. The number of nitrogens with two attached hydrogens (primary N) is 1. The highest BCUT2D eigenvalue weighted by molar-refractivity contribution is 5.86. The van der Waals surface area contributed by atoms with Gasteiger partial charge in [-0.1, -0.05) is 0 Å². The first-order valence-electron chi connectivity index (χ1n) is 7.00. The van der Waals surface area contributed by atoms with Gasteiger partial charge < -0.3 is 36.2 Å². The van der Waals surface area contributed by atoms with E-state index < -0.39 is 43.7 Å². The van der Waals surface area contributed by atoms with Crippen LogP contribution in [0.15, 0.2) is 6.33 Å². The summed E-state index contributed by atoms with van der Waals surface area (Å²) >= 11 is 0. The number of carbonyl (C=O) groups is 1. The number of nitrogens with zero attached hydrogens (tertiary/aromatic N) is 4. The molecule has 0 amide bonds. The molecule has 3 rings (SSSR count). The van der Waals surface area contributed by atoms with Gasteiger partial charge >= 0.3 is 5.97 Å². The molecule has 0 spiro atoms. The van der Waals surface area contributed by atoms with Crippen molar-refractivity contribution < 1.29 is 30.0 Å². The Balaban J connectivity index is 2.00. The van der Waals surface area contributed by atoms with E-state index in [0.29, 0.717) is 0 Å². The van der Waals surface area contributed by atoms with Crippen LogP contribution in [0, 0.1) is 0 Å². The molecule has 0 bridgehead atoms. The van der Waals surface area contributed by atoms with Crippen LogP contribution in [-0.4, -0.2) is 77.4 Å². The molecule has 1 saturated heterocycles. The van der Waals surface area contributed by atoms with Gasteiger partial charge in [0.1, 0.15) is 24.9 Å². The molecule has 12 heteroatoms. The lowest BCUT2D eigenvalue weighted by Gasteiger charge is -2.16. The van der Waals surface area contributed by atoms with Gasteiger partial charge in [0.05, 0.1) is 12.9 Å². The summed E-state index contributed by atoms with van der Waals surface area (Å²) in [6.45, 7) is -0.865. The molecule has 1 aliphatic heterocycles. The van der Waals surface area contributed by atoms with E-state index >= 15 is 0 Å². The molecule has 12 nitrogen and oxygen atoms in total.